The third kappa shape index (κ3) is 5.35. The van der Waals surface area contributed by atoms with Crippen LogP contribution in [0.5, 0.6) is 5.75 Å². The van der Waals surface area contributed by atoms with Crippen molar-refractivity contribution in [2.75, 3.05) is 7.11 Å². The monoisotopic (exact) mass is 495 g/mol. The van der Waals surface area contributed by atoms with Gasteiger partial charge in [0.05, 0.1) is 29.2 Å². The van der Waals surface area contributed by atoms with E-state index in [1.54, 1.807) is 18.2 Å². The van der Waals surface area contributed by atoms with Crippen molar-refractivity contribution in [3.63, 3.8) is 0 Å². The van der Waals surface area contributed by atoms with Crippen molar-refractivity contribution >= 4 is 45.5 Å². The second kappa shape index (κ2) is 10.7. The second-order valence-corrected chi connectivity index (χ2v) is 9.06. The summed E-state index contributed by atoms with van der Waals surface area (Å²) in [5.41, 5.74) is 0.140. The van der Waals surface area contributed by atoms with Gasteiger partial charge in [-0.1, -0.05) is 32.6 Å². The predicted molar refractivity (Wildman–Crippen MR) is 136 cm³/mol. The van der Waals surface area contributed by atoms with Crippen LogP contribution in [-0.4, -0.2) is 39.0 Å². The van der Waals surface area contributed by atoms with Gasteiger partial charge in [-0.2, -0.15) is 15.1 Å². The zero-order valence-corrected chi connectivity index (χ0v) is 20.3. The lowest BCUT2D eigenvalue weighted by molar-refractivity contribution is -0.384. The molecular weight excluding hydrogens is 470 g/mol. The number of carbonyl (C=O) groups is 1. The number of hydrogen-bond acceptors (Lipinski definition) is 8. The third-order valence-electron chi connectivity index (χ3n) is 5.57. The van der Waals surface area contributed by atoms with E-state index in [-0.39, 0.29) is 34.2 Å². The van der Waals surface area contributed by atoms with Crippen LogP contribution in [0.15, 0.2) is 50.4 Å². The highest BCUT2D eigenvalue weighted by atomic mass is 32.2. The molecule has 1 aromatic heterocycles. The molecule has 0 fully saturated rings. The fourth-order valence-corrected chi connectivity index (χ4v) is 4.65. The number of nitrogens with one attached hydrogen (secondary N) is 1. The van der Waals surface area contributed by atoms with E-state index in [1.165, 1.54) is 61.4 Å². The van der Waals surface area contributed by atoms with E-state index in [1.807, 2.05) is 0 Å². The number of hydrazone groups is 1. The molecule has 0 saturated heterocycles. The molecule has 0 aliphatic carbocycles. The Bertz CT molecular complexity index is 1260. The van der Waals surface area contributed by atoms with Gasteiger partial charge in [0, 0.05) is 0 Å². The summed E-state index contributed by atoms with van der Waals surface area (Å²) >= 11 is 1.32. The first-order chi connectivity index (χ1) is 16.9. The zero-order valence-electron chi connectivity index (χ0n) is 19.4. The molecule has 3 heterocycles. The maximum atomic E-state index is 12.6. The fourth-order valence-electron chi connectivity index (χ4n) is 3.73. The number of carbonyl (C=O) groups excluding carboxylic acids is 1. The minimum Gasteiger partial charge on any atom is -0.497 e. The number of aliphatic imine (C=N–C) groups is 1. The van der Waals surface area contributed by atoms with Crippen molar-refractivity contribution in [2.45, 2.75) is 45.4 Å². The number of methoxy groups -OCH3 is 1. The van der Waals surface area contributed by atoms with Crippen LogP contribution in [0.3, 0.4) is 0 Å². The quantitative estimate of drug-likeness (QED) is 0.189. The molecule has 1 N–H and O–H groups in total. The minimum atomic E-state index is -0.554. The number of ether oxygens (including phenoxy) is 1. The van der Waals surface area contributed by atoms with E-state index in [4.69, 9.17) is 14.6 Å². The Kier molecular flexibility index (Phi) is 7.45. The number of amidine groups is 2. The molecule has 182 valence electrons. The van der Waals surface area contributed by atoms with Crippen LogP contribution < -0.4 is 4.74 Å². The Morgan fingerprint density at radius 3 is 2.77 bits per heavy atom. The van der Waals surface area contributed by atoms with Crippen LogP contribution in [0.4, 0.5) is 5.69 Å². The predicted octanol–water partition coefficient (Wildman–Crippen LogP) is 5.84. The van der Waals surface area contributed by atoms with Gasteiger partial charge in [-0.05, 0) is 54.9 Å². The number of rotatable bonds is 10. The summed E-state index contributed by atoms with van der Waals surface area (Å²) in [4.78, 5) is 27.7. The standard InChI is InChI=1S/C24H25N5O5S/c1-3-4-5-6-7-8-21-27-28-22(25)18(23(30)26-24(28)35-21)13-16-10-12-20(34-16)17-11-9-15(33-2)14-19(17)29(31)32/h9-14,25H,3-8H2,1-2H3/b18-13+,25-22?. The van der Waals surface area contributed by atoms with Crippen LogP contribution in [-0.2, 0) is 4.79 Å². The summed E-state index contributed by atoms with van der Waals surface area (Å²) in [6, 6.07) is 7.62. The molecule has 2 aromatic rings. The smallest absolute Gasteiger partial charge is 0.284 e. The van der Waals surface area contributed by atoms with Crippen molar-refractivity contribution < 1.29 is 18.9 Å². The lowest BCUT2D eigenvalue weighted by atomic mass is 10.1. The molecule has 0 atom stereocenters. The van der Waals surface area contributed by atoms with E-state index in [0.717, 1.165) is 24.3 Å². The molecule has 35 heavy (non-hydrogen) atoms. The summed E-state index contributed by atoms with van der Waals surface area (Å²) in [5, 5.41) is 27.1. The zero-order chi connectivity index (χ0) is 24.9. The molecule has 2 aliphatic heterocycles. The maximum absolute atomic E-state index is 12.6. The summed E-state index contributed by atoms with van der Waals surface area (Å²) in [6.45, 7) is 2.17. The van der Waals surface area contributed by atoms with Crippen LogP contribution >= 0.6 is 11.8 Å². The van der Waals surface area contributed by atoms with Crippen LogP contribution in [0.25, 0.3) is 17.4 Å². The molecule has 1 amide bonds. The number of unbranched alkanes of at least 4 members (excludes halogenated alkanes) is 4. The van der Waals surface area contributed by atoms with Gasteiger partial charge in [-0.3, -0.25) is 20.3 Å². The number of amides is 1. The lowest BCUT2D eigenvalue weighted by Gasteiger charge is -2.19. The highest BCUT2D eigenvalue weighted by Crippen LogP contribution is 2.35. The van der Waals surface area contributed by atoms with Crippen molar-refractivity contribution in [3.05, 3.63) is 51.8 Å². The van der Waals surface area contributed by atoms with Gasteiger partial charge in [0.2, 0.25) is 5.17 Å². The van der Waals surface area contributed by atoms with Crippen LogP contribution in [0.2, 0.25) is 0 Å². The largest absolute Gasteiger partial charge is 0.497 e. The van der Waals surface area contributed by atoms with E-state index < -0.39 is 10.8 Å². The first kappa shape index (κ1) is 24.4. The number of thioether (sulfide) groups is 1. The SMILES string of the molecule is CCCCCCCC1=NN2C(=N)/C(=C\c3ccc(-c4ccc(OC)cc4[N+](=O)[O-])o3)C(=O)N=C2S1. The Morgan fingerprint density at radius 2 is 2.03 bits per heavy atom. The molecule has 10 nitrogen and oxygen atoms in total. The molecule has 4 rings (SSSR count). The first-order valence-electron chi connectivity index (χ1n) is 11.3. The molecule has 0 unspecified atom stereocenters. The molecule has 1 aromatic carbocycles. The van der Waals surface area contributed by atoms with Crippen molar-refractivity contribution in [1.29, 1.82) is 5.41 Å². The summed E-state index contributed by atoms with van der Waals surface area (Å²) in [5.74, 6) is 0.242. The van der Waals surface area contributed by atoms with E-state index >= 15 is 0 Å². The Morgan fingerprint density at radius 1 is 1.23 bits per heavy atom. The number of nitro groups is 1. The third-order valence-corrected chi connectivity index (χ3v) is 6.54. The molecule has 0 radical (unpaired) electrons. The second-order valence-electron chi connectivity index (χ2n) is 8.02. The van der Waals surface area contributed by atoms with Gasteiger partial charge < -0.3 is 9.15 Å². The van der Waals surface area contributed by atoms with Crippen molar-refractivity contribution in [1.82, 2.24) is 5.01 Å². The number of benzene rings is 1. The molecule has 2 aliphatic rings. The van der Waals surface area contributed by atoms with E-state index in [0.29, 0.717) is 10.9 Å². The van der Waals surface area contributed by atoms with Gasteiger partial charge in [-0.15, -0.1) is 0 Å². The molecule has 0 spiro atoms. The summed E-state index contributed by atoms with van der Waals surface area (Å²) in [7, 11) is 1.43. The topological polar surface area (TPSA) is 134 Å². The average Bonchev–Trinajstić information content (AvgIpc) is 3.48. The maximum Gasteiger partial charge on any atom is 0.284 e. The number of nitro benzene ring substituents is 1. The van der Waals surface area contributed by atoms with Crippen molar-refractivity contribution in [2.24, 2.45) is 10.1 Å². The number of hydrogen-bond donors (Lipinski definition) is 1. The first-order valence-corrected chi connectivity index (χ1v) is 12.1. The molecule has 11 heteroatoms. The van der Waals surface area contributed by atoms with Crippen LogP contribution in [0.1, 0.15) is 51.2 Å². The Labute approximate surface area is 206 Å². The van der Waals surface area contributed by atoms with Gasteiger partial charge in [-0.25, -0.2) is 0 Å². The fraction of sp³-hybridized carbons (Fsp3) is 0.333. The molecular formula is C24H25N5O5S. The number of fused-ring (bicyclic) bond motifs is 1. The Balaban J connectivity index is 1.53. The van der Waals surface area contributed by atoms with Gasteiger partial charge in [0.25, 0.3) is 11.6 Å². The van der Waals surface area contributed by atoms with Crippen LogP contribution in [0, 0.1) is 15.5 Å². The number of nitrogens with zero attached hydrogens (tertiary/aromatic N) is 4. The lowest BCUT2D eigenvalue weighted by Crippen LogP contribution is -2.35. The highest BCUT2D eigenvalue weighted by Gasteiger charge is 2.35. The Hall–Kier alpha value is -3.73. The summed E-state index contributed by atoms with van der Waals surface area (Å²) < 4.78 is 10.8. The normalized spacial score (nSPS) is 16.4. The van der Waals surface area contributed by atoms with Gasteiger partial charge in [0.15, 0.2) is 5.84 Å². The van der Waals surface area contributed by atoms with E-state index in [9.17, 15) is 14.9 Å². The summed E-state index contributed by atoms with van der Waals surface area (Å²) in [6.07, 6.45) is 7.90. The minimum absolute atomic E-state index is 0.0347. The number of furan rings is 1. The van der Waals surface area contributed by atoms with Gasteiger partial charge >= 0.3 is 0 Å². The average molecular weight is 496 g/mol. The van der Waals surface area contributed by atoms with Crippen molar-refractivity contribution in [3.8, 4) is 17.1 Å². The van der Waals surface area contributed by atoms with E-state index in [2.05, 4.69) is 17.0 Å². The molecule has 0 saturated carbocycles. The highest BCUT2D eigenvalue weighted by molar-refractivity contribution is 8.26. The van der Waals surface area contributed by atoms with Gasteiger partial charge in [0.1, 0.15) is 22.3 Å². The molecule has 0 bridgehead atoms.